The summed E-state index contributed by atoms with van der Waals surface area (Å²) in [6, 6.07) is 56.2. The van der Waals surface area contributed by atoms with Crippen molar-refractivity contribution in [2.45, 2.75) is 256 Å². The fraction of sp³-hybridized carbons (Fsp3) is 0.506. The first-order chi connectivity index (χ1) is 39.8. The van der Waals surface area contributed by atoms with Gasteiger partial charge >= 0.3 is 0 Å². The molecule has 0 saturated heterocycles. The molecule has 0 aromatic heterocycles. The van der Waals surface area contributed by atoms with Crippen molar-refractivity contribution in [2.75, 3.05) is 0 Å². The number of hydrogen-bond acceptors (Lipinski definition) is 2. The zero-order chi connectivity index (χ0) is 65.1. The summed E-state index contributed by atoms with van der Waals surface area (Å²) in [5.74, 6) is 0.594. The maximum absolute atomic E-state index is 12.2. The third-order valence-electron chi connectivity index (χ3n) is 19.6. The van der Waals surface area contributed by atoms with Crippen LogP contribution in [0.15, 0.2) is 146 Å². The Balaban J connectivity index is 1.79. The van der Waals surface area contributed by atoms with Crippen LogP contribution in [0.5, 0.6) is 11.5 Å². The Bertz CT molecular complexity index is 3420. The van der Waals surface area contributed by atoms with Crippen LogP contribution < -0.4 is 0 Å². The van der Waals surface area contributed by atoms with E-state index in [4.69, 9.17) is 0 Å². The predicted octanol–water partition coefficient (Wildman–Crippen LogP) is 24.7. The molecule has 0 unspecified atom stereocenters. The van der Waals surface area contributed by atoms with Crippen LogP contribution in [-0.2, 0) is 37.9 Å². The molecule has 0 aliphatic rings. The molecule has 2 N–H and O–H groups in total. The molecule has 468 valence electrons. The van der Waals surface area contributed by atoms with Crippen molar-refractivity contribution < 1.29 is 10.2 Å². The maximum Gasteiger partial charge on any atom is 0.119 e. The Labute approximate surface area is 531 Å². The number of rotatable bonds is 19. The molecule has 0 amide bonds. The summed E-state index contributed by atoms with van der Waals surface area (Å²) in [5.41, 5.74) is 16.9. The standard InChI is InChI=1S/C85H116O2/c1-27-79(15,16)69-51-65(45-49-71(69)86)85(66-46-50-72(87)70(52-66)80(17,18)28-2,64-43-41-63(42-44-64)84(25,26)56-78(12,13)14)68-48-47-67(57-29-35-60(36-30-57)81(19,20)53-75(3,4)5)73(58-31-37-61(38-32-58)82(21,22)54-76(6,7)8)74(68)59-33-39-62(40-34-59)83(23,24)55-77(9,10)11/h29-52,86-87H,27-28,53-56H2,1-26H3. The van der Waals surface area contributed by atoms with Crippen molar-refractivity contribution in [1.29, 1.82) is 0 Å². The molecule has 0 bridgehead atoms. The minimum absolute atomic E-state index is 0.0332. The number of phenolic OH excluding ortho intramolecular Hbond substituents is 2. The minimum Gasteiger partial charge on any atom is -0.508 e. The van der Waals surface area contributed by atoms with Gasteiger partial charge in [0.2, 0.25) is 0 Å². The van der Waals surface area contributed by atoms with Gasteiger partial charge in [-0.2, -0.15) is 0 Å². The highest BCUT2D eigenvalue weighted by molar-refractivity contribution is 5.98. The summed E-state index contributed by atoms with van der Waals surface area (Å²) in [6.45, 7) is 60.8. The van der Waals surface area contributed by atoms with E-state index in [1.165, 1.54) is 27.8 Å². The number of aromatic hydroxyl groups is 2. The summed E-state index contributed by atoms with van der Waals surface area (Å²) in [7, 11) is 0. The second-order valence-electron chi connectivity index (χ2n) is 35.4. The van der Waals surface area contributed by atoms with E-state index >= 15 is 0 Å². The first-order valence-corrected chi connectivity index (χ1v) is 33.1. The third-order valence-corrected chi connectivity index (χ3v) is 19.6. The normalized spacial score (nSPS) is 13.8. The molecule has 0 fully saturated rings. The Kier molecular flexibility index (Phi) is 19.1. The van der Waals surface area contributed by atoms with Crippen LogP contribution in [-0.4, -0.2) is 10.2 Å². The quantitative estimate of drug-likeness (QED) is 0.0793. The second-order valence-corrected chi connectivity index (χ2v) is 35.4. The average molecular weight is 1170 g/mol. The molecular weight excluding hydrogens is 1050 g/mol. The maximum atomic E-state index is 12.2. The number of benzene rings is 7. The monoisotopic (exact) mass is 1170 g/mol. The van der Waals surface area contributed by atoms with Crippen LogP contribution in [0, 0.1) is 21.7 Å². The van der Waals surface area contributed by atoms with Gasteiger partial charge in [0.15, 0.2) is 0 Å². The summed E-state index contributed by atoms with van der Waals surface area (Å²) >= 11 is 0. The van der Waals surface area contributed by atoms with Crippen LogP contribution in [0.1, 0.15) is 274 Å². The molecule has 7 aromatic carbocycles. The van der Waals surface area contributed by atoms with Gasteiger partial charge in [-0.3, -0.25) is 0 Å². The summed E-state index contributed by atoms with van der Waals surface area (Å²) in [5, 5.41) is 24.4. The number of hydrogen-bond donors (Lipinski definition) is 2. The van der Waals surface area contributed by atoms with Gasteiger partial charge in [0, 0.05) is 0 Å². The van der Waals surface area contributed by atoms with Crippen molar-refractivity contribution >= 4 is 0 Å². The van der Waals surface area contributed by atoms with Crippen LogP contribution in [0.2, 0.25) is 0 Å². The van der Waals surface area contributed by atoms with Gasteiger partial charge in [-0.1, -0.05) is 301 Å². The highest BCUT2D eigenvalue weighted by atomic mass is 16.3. The first-order valence-electron chi connectivity index (χ1n) is 33.1. The highest BCUT2D eigenvalue weighted by Crippen LogP contribution is 2.56. The smallest absolute Gasteiger partial charge is 0.119 e. The SMILES string of the molecule is CCC(C)(C)c1cc(C(c2ccc(C(C)(C)CC(C)(C)C)cc2)(c2ccc(O)c(C(C)(C)CC)c2)c2ccc(-c3ccc(C(C)(C)CC(C)(C)C)cc3)c(-c3ccc(C(C)(C)CC(C)(C)C)cc3)c2-c2ccc(C(C)(C)CC(C)(C)C)cc2)ccc1O. The van der Waals surface area contributed by atoms with Crippen LogP contribution in [0.4, 0.5) is 0 Å². The molecule has 0 spiro atoms. The molecule has 0 saturated carbocycles. The molecule has 0 aliphatic heterocycles. The molecule has 0 heterocycles. The third kappa shape index (κ3) is 15.2. The van der Waals surface area contributed by atoms with E-state index in [-0.39, 0.29) is 54.1 Å². The number of phenols is 2. The fourth-order valence-corrected chi connectivity index (χ4v) is 15.9. The first kappa shape index (κ1) is 68.6. The lowest BCUT2D eigenvalue weighted by atomic mass is 9.60. The highest BCUT2D eigenvalue weighted by Gasteiger charge is 2.44. The Morgan fingerprint density at radius 3 is 0.816 bits per heavy atom. The molecule has 0 atom stereocenters. The molecule has 2 nitrogen and oxygen atoms in total. The largest absolute Gasteiger partial charge is 0.508 e. The van der Waals surface area contributed by atoms with Gasteiger partial charge in [-0.25, -0.2) is 0 Å². The minimum atomic E-state index is -1.03. The van der Waals surface area contributed by atoms with Gasteiger partial charge in [0.1, 0.15) is 11.5 Å². The van der Waals surface area contributed by atoms with Gasteiger partial charge in [0.05, 0.1) is 5.41 Å². The zero-order valence-corrected chi connectivity index (χ0v) is 59.5. The molecule has 87 heavy (non-hydrogen) atoms. The molecule has 7 aromatic rings. The average Bonchev–Trinajstić information content (AvgIpc) is 2.24. The summed E-state index contributed by atoms with van der Waals surface area (Å²) < 4.78 is 0. The van der Waals surface area contributed by atoms with E-state index in [0.717, 1.165) is 99.7 Å². The van der Waals surface area contributed by atoms with Crippen molar-refractivity contribution in [3.05, 3.63) is 201 Å². The van der Waals surface area contributed by atoms with E-state index in [1.54, 1.807) is 0 Å². The Morgan fingerprint density at radius 1 is 0.253 bits per heavy atom. The van der Waals surface area contributed by atoms with E-state index in [2.05, 4.69) is 313 Å². The Morgan fingerprint density at radius 2 is 0.517 bits per heavy atom. The zero-order valence-electron chi connectivity index (χ0n) is 59.5. The van der Waals surface area contributed by atoms with Gasteiger partial charge in [-0.05, 0) is 206 Å². The van der Waals surface area contributed by atoms with Crippen molar-refractivity contribution in [1.82, 2.24) is 0 Å². The molecule has 0 radical (unpaired) electrons. The Hall–Kier alpha value is -5.86. The van der Waals surface area contributed by atoms with E-state index < -0.39 is 5.41 Å². The lowest BCUT2D eigenvalue weighted by molar-refractivity contribution is 0.283. The molecule has 0 aliphatic carbocycles. The van der Waals surface area contributed by atoms with E-state index in [9.17, 15) is 10.2 Å². The second kappa shape index (κ2) is 24.2. The lowest BCUT2D eigenvalue weighted by Gasteiger charge is -2.41. The summed E-state index contributed by atoms with van der Waals surface area (Å²) in [4.78, 5) is 0. The molecule has 7 rings (SSSR count). The lowest BCUT2D eigenvalue weighted by Crippen LogP contribution is -2.33. The van der Waals surface area contributed by atoms with Gasteiger partial charge in [0.25, 0.3) is 0 Å². The van der Waals surface area contributed by atoms with Crippen LogP contribution in [0.25, 0.3) is 33.4 Å². The molecule has 2 heteroatoms. The van der Waals surface area contributed by atoms with Gasteiger partial charge < -0.3 is 10.2 Å². The van der Waals surface area contributed by atoms with Crippen molar-refractivity contribution in [3.8, 4) is 44.9 Å². The van der Waals surface area contributed by atoms with E-state index in [1.807, 2.05) is 12.1 Å². The van der Waals surface area contributed by atoms with Crippen molar-refractivity contribution in [3.63, 3.8) is 0 Å². The predicted molar refractivity (Wildman–Crippen MR) is 379 cm³/mol. The van der Waals surface area contributed by atoms with Gasteiger partial charge in [-0.15, -0.1) is 0 Å². The van der Waals surface area contributed by atoms with E-state index in [0.29, 0.717) is 11.5 Å². The van der Waals surface area contributed by atoms with Crippen LogP contribution in [0.3, 0.4) is 0 Å². The fourth-order valence-electron chi connectivity index (χ4n) is 15.9. The topological polar surface area (TPSA) is 40.5 Å². The molecular formula is C85H116O2. The summed E-state index contributed by atoms with van der Waals surface area (Å²) in [6.07, 6.45) is 5.82. The van der Waals surface area contributed by atoms with Crippen LogP contribution >= 0.6 is 0 Å². The van der Waals surface area contributed by atoms with Crippen molar-refractivity contribution in [2.24, 2.45) is 21.7 Å².